The van der Waals surface area contributed by atoms with Gasteiger partial charge in [0.1, 0.15) is 5.76 Å². The van der Waals surface area contributed by atoms with Gasteiger partial charge in [-0.25, -0.2) is 0 Å². The van der Waals surface area contributed by atoms with Crippen molar-refractivity contribution in [2.75, 3.05) is 6.54 Å². The number of hydrogen-bond donors (Lipinski definition) is 1. The fraction of sp³-hybridized carbons (Fsp3) is 0.588. The van der Waals surface area contributed by atoms with Gasteiger partial charge in [-0.05, 0) is 44.0 Å². The van der Waals surface area contributed by atoms with Crippen molar-refractivity contribution in [3.8, 4) is 0 Å². The van der Waals surface area contributed by atoms with Crippen LogP contribution in [0.15, 0.2) is 35.1 Å². The monoisotopic (exact) mass is 289 g/mol. The lowest BCUT2D eigenvalue weighted by Gasteiger charge is -2.15. The van der Waals surface area contributed by atoms with Gasteiger partial charge in [-0.2, -0.15) is 5.10 Å². The van der Waals surface area contributed by atoms with E-state index in [1.807, 2.05) is 12.1 Å². The zero-order chi connectivity index (χ0) is 15.1. The zero-order valence-electron chi connectivity index (χ0n) is 13.4. The summed E-state index contributed by atoms with van der Waals surface area (Å²) in [4.78, 5) is 0. The van der Waals surface area contributed by atoms with Crippen LogP contribution in [-0.2, 0) is 6.42 Å². The van der Waals surface area contributed by atoms with Gasteiger partial charge in [0.25, 0.3) is 0 Å². The minimum absolute atomic E-state index is 0.199. The molecule has 4 heteroatoms. The van der Waals surface area contributed by atoms with Crippen LogP contribution in [-0.4, -0.2) is 16.3 Å². The maximum Gasteiger partial charge on any atom is 0.121 e. The van der Waals surface area contributed by atoms with Gasteiger partial charge < -0.3 is 9.73 Å². The number of hydrogen-bond acceptors (Lipinski definition) is 3. The number of nitrogens with zero attached hydrogens (tertiary/aromatic N) is 2. The fourth-order valence-electron chi connectivity index (χ4n) is 2.64. The van der Waals surface area contributed by atoms with Crippen molar-refractivity contribution in [3.63, 3.8) is 0 Å². The van der Waals surface area contributed by atoms with E-state index in [2.05, 4.69) is 43.0 Å². The van der Waals surface area contributed by atoms with Gasteiger partial charge in [-0.1, -0.05) is 20.8 Å². The van der Waals surface area contributed by atoms with E-state index in [1.54, 1.807) is 6.26 Å². The fourth-order valence-corrected chi connectivity index (χ4v) is 2.64. The van der Waals surface area contributed by atoms with E-state index in [0.29, 0.717) is 6.04 Å². The second-order valence-corrected chi connectivity index (χ2v) is 5.48. The molecule has 0 aliphatic rings. The molecule has 0 fully saturated rings. The van der Waals surface area contributed by atoms with Crippen molar-refractivity contribution in [3.05, 3.63) is 42.1 Å². The molecule has 116 valence electrons. The van der Waals surface area contributed by atoms with Gasteiger partial charge in [-0.15, -0.1) is 0 Å². The molecule has 0 radical (unpaired) electrons. The molecule has 2 rings (SSSR count). The summed E-state index contributed by atoms with van der Waals surface area (Å²) in [5.41, 5.74) is 1.12. The van der Waals surface area contributed by atoms with Gasteiger partial charge in [0.2, 0.25) is 0 Å². The molecule has 0 saturated carbocycles. The molecule has 4 nitrogen and oxygen atoms in total. The minimum atomic E-state index is 0.199. The van der Waals surface area contributed by atoms with Crippen molar-refractivity contribution >= 4 is 0 Å². The Hall–Kier alpha value is -1.55. The lowest BCUT2D eigenvalue weighted by Crippen LogP contribution is -2.24. The van der Waals surface area contributed by atoms with Crippen LogP contribution in [0.3, 0.4) is 0 Å². The van der Waals surface area contributed by atoms with Crippen molar-refractivity contribution < 1.29 is 4.42 Å². The zero-order valence-corrected chi connectivity index (χ0v) is 13.4. The Balaban J connectivity index is 2.06. The summed E-state index contributed by atoms with van der Waals surface area (Å²) in [7, 11) is 0. The summed E-state index contributed by atoms with van der Waals surface area (Å²) in [6, 6.07) is 6.81. The molecule has 21 heavy (non-hydrogen) atoms. The van der Waals surface area contributed by atoms with Crippen molar-refractivity contribution in [1.29, 1.82) is 0 Å². The summed E-state index contributed by atoms with van der Waals surface area (Å²) in [5.74, 6) is 0.987. The van der Waals surface area contributed by atoms with Crippen LogP contribution >= 0.6 is 0 Å². The molecule has 1 N–H and O–H groups in total. The van der Waals surface area contributed by atoms with Crippen LogP contribution in [0.2, 0.25) is 0 Å². The Labute approximate surface area is 127 Å². The van der Waals surface area contributed by atoms with Gasteiger partial charge >= 0.3 is 0 Å². The van der Waals surface area contributed by atoms with Crippen LogP contribution < -0.4 is 5.32 Å². The Morgan fingerprint density at radius 1 is 1.24 bits per heavy atom. The van der Waals surface area contributed by atoms with Crippen LogP contribution in [0.5, 0.6) is 0 Å². The second-order valence-electron chi connectivity index (χ2n) is 5.48. The lowest BCUT2D eigenvalue weighted by atomic mass is 10.1. The van der Waals surface area contributed by atoms with Gasteiger partial charge in [-0.3, -0.25) is 4.68 Å². The highest BCUT2D eigenvalue weighted by atomic mass is 16.3. The second kappa shape index (κ2) is 8.03. The molecule has 0 spiro atoms. The molecule has 2 heterocycles. The first-order chi connectivity index (χ1) is 10.3. The summed E-state index contributed by atoms with van der Waals surface area (Å²) in [6.45, 7) is 7.58. The molecule has 0 aromatic carbocycles. The molecule has 0 amide bonds. The van der Waals surface area contributed by atoms with Crippen LogP contribution in [0.25, 0.3) is 0 Å². The van der Waals surface area contributed by atoms with Crippen molar-refractivity contribution in [1.82, 2.24) is 15.1 Å². The molecule has 2 aromatic heterocycles. The maximum atomic E-state index is 5.56. The third-order valence-corrected chi connectivity index (χ3v) is 3.92. The maximum absolute atomic E-state index is 5.56. The molecule has 0 aliphatic carbocycles. The predicted octanol–water partition coefficient (Wildman–Crippen LogP) is 4.12. The first-order valence-electron chi connectivity index (χ1n) is 8.09. The van der Waals surface area contributed by atoms with E-state index in [-0.39, 0.29) is 6.04 Å². The highest BCUT2D eigenvalue weighted by molar-refractivity contribution is 5.10. The number of rotatable bonds is 9. The van der Waals surface area contributed by atoms with E-state index in [1.165, 1.54) is 0 Å². The minimum Gasteiger partial charge on any atom is -0.468 e. The standard InChI is InChI=1S/C17H27N3O/c1-4-10-18-16(17-8-7-12-21-17)13-14-9-11-20(19-14)15(5-2)6-3/h7-9,11-12,15-16,18H,4-6,10,13H2,1-3H3. The van der Waals surface area contributed by atoms with Crippen LogP contribution in [0, 0.1) is 0 Å². The molecule has 0 saturated heterocycles. The van der Waals surface area contributed by atoms with E-state index in [0.717, 1.165) is 43.7 Å². The molecule has 1 atom stereocenters. The molecular formula is C17H27N3O. The average Bonchev–Trinajstić information content (AvgIpc) is 3.16. The predicted molar refractivity (Wildman–Crippen MR) is 85.3 cm³/mol. The Morgan fingerprint density at radius 2 is 2.05 bits per heavy atom. The van der Waals surface area contributed by atoms with Crippen LogP contribution in [0.4, 0.5) is 0 Å². The van der Waals surface area contributed by atoms with Gasteiger partial charge in [0.15, 0.2) is 0 Å². The van der Waals surface area contributed by atoms with Gasteiger partial charge in [0.05, 0.1) is 24.0 Å². The summed E-state index contributed by atoms with van der Waals surface area (Å²) in [5, 5.41) is 8.29. The summed E-state index contributed by atoms with van der Waals surface area (Å²) >= 11 is 0. The Kier molecular flexibility index (Phi) is 6.05. The molecule has 0 bridgehead atoms. The van der Waals surface area contributed by atoms with Crippen molar-refractivity contribution in [2.45, 2.75) is 58.5 Å². The summed E-state index contributed by atoms with van der Waals surface area (Å²) < 4.78 is 7.67. The quantitative estimate of drug-likeness (QED) is 0.755. The van der Waals surface area contributed by atoms with Gasteiger partial charge in [0, 0.05) is 12.6 Å². The first-order valence-corrected chi connectivity index (χ1v) is 8.09. The number of furan rings is 1. The SMILES string of the molecule is CCCNC(Cc1ccn(C(CC)CC)n1)c1ccco1. The van der Waals surface area contributed by atoms with E-state index in [4.69, 9.17) is 9.52 Å². The largest absolute Gasteiger partial charge is 0.468 e. The van der Waals surface area contributed by atoms with Crippen molar-refractivity contribution in [2.24, 2.45) is 0 Å². The topological polar surface area (TPSA) is 43.0 Å². The third-order valence-electron chi connectivity index (χ3n) is 3.92. The Bertz CT molecular complexity index is 500. The molecular weight excluding hydrogens is 262 g/mol. The highest BCUT2D eigenvalue weighted by Gasteiger charge is 2.16. The Morgan fingerprint density at radius 3 is 2.67 bits per heavy atom. The number of aromatic nitrogens is 2. The molecule has 1 unspecified atom stereocenters. The lowest BCUT2D eigenvalue weighted by molar-refractivity contribution is 0.399. The van der Waals surface area contributed by atoms with E-state index < -0.39 is 0 Å². The normalized spacial score (nSPS) is 13.0. The van der Waals surface area contributed by atoms with Crippen LogP contribution in [0.1, 0.15) is 63.6 Å². The average molecular weight is 289 g/mol. The first kappa shape index (κ1) is 15.8. The highest BCUT2D eigenvalue weighted by Crippen LogP contribution is 2.20. The van der Waals surface area contributed by atoms with E-state index >= 15 is 0 Å². The summed E-state index contributed by atoms with van der Waals surface area (Å²) in [6.07, 6.45) is 8.05. The molecule has 0 aliphatic heterocycles. The number of nitrogens with one attached hydrogen (secondary N) is 1. The third kappa shape index (κ3) is 4.21. The smallest absolute Gasteiger partial charge is 0.121 e. The molecule has 2 aromatic rings. The van der Waals surface area contributed by atoms with E-state index in [9.17, 15) is 0 Å².